The molecule has 0 saturated heterocycles. The summed E-state index contributed by atoms with van der Waals surface area (Å²) < 4.78 is 10.2. The summed E-state index contributed by atoms with van der Waals surface area (Å²) in [6.45, 7) is 3.63. The van der Waals surface area contributed by atoms with E-state index in [2.05, 4.69) is 16.0 Å². The second-order valence-electron chi connectivity index (χ2n) is 4.00. The van der Waals surface area contributed by atoms with Crippen molar-refractivity contribution in [3.05, 3.63) is 24.0 Å². The molecule has 102 valence electrons. The van der Waals surface area contributed by atoms with Crippen LogP contribution in [0.15, 0.2) is 18.3 Å². The number of hydrogen-bond acceptors (Lipinski definition) is 5. The van der Waals surface area contributed by atoms with E-state index in [0.29, 0.717) is 13.2 Å². The van der Waals surface area contributed by atoms with Gasteiger partial charge in [-0.2, -0.15) is 0 Å². The van der Waals surface area contributed by atoms with Gasteiger partial charge < -0.3 is 20.1 Å². The number of anilines is 1. The zero-order valence-electron chi connectivity index (χ0n) is 11.3. The van der Waals surface area contributed by atoms with E-state index in [-0.39, 0.29) is 0 Å². The van der Waals surface area contributed by atoms with Crippen LogP contribution in [0.4, 0.5) is 5.69 Å². The Bertz CT molecular complexity index is 334. The number of methoxy groups -OCH3 is 2. The number of pyridine rings is 1. The topological polar surface area (TPSA) is 60.6 Å². The lowest BCUT2D eigenvalue weighted by atomic mass is 10.2. The van der Waals surface area contributed by atoms with Gasteiger partial charge in [-0.15, -0.1) is 0 Å². The van der Waals surface area contributed by atoms with Crippen LogP contribution in [0.1, 0.15) is 12.1 Å². The molecule has 0 aliphatic rings. The van der Waals surface area contributed by atoms with Crippen LogP contribution in [-0.4, -0.2) is 45.5 Å². The molecule has 0 bridgehead atoms. The molecule has 0 aliphatic heterocycles. The number of ether oxygens (including phenoxy) is 2. The van der Waals surface area contributed by atoms with E-state index in [9.17, 15) is 0 Å². The highest BCUT2D eigenvalue weighted by molar-refractivity contribution is 5.50. The molecule has 0 spiro atoms. The van der Waals surface area contributed by atoms with Crippen LogP contribution in [0.5, 0.6) is 0 Å². The standard InChI is InChI=1S/C13H23N3O2/c1-17-9-4-7-16(8-10-18-2)13-5-3-6-15-12(13)11-14/h3,5-6H,4,7-11,14H2,1-2H3. The lowest BCUT2D eigenvalue weighted by Crippen LogP contribution is -2.30. The maximum atomic E-state index is 5.73. The molecule has 5 heteroatoms. The van der Waals surface area contributed by atoms with Crippen molar-refractivity contribution in [3.8, 4) is 0 Å². The van der Waals surface area contributed by atoms with Crippen LogP contribution >= 0.6 is 0 Å². The van der Waals surface area contributed by atoms with E-state index < -0.39 is 0 Å². The average molecular weight is 253 g/mol. The van der Waals surface area contributed by atoms with Crippen molar-refractivity contribution in [2.24, 2.45) is 5.73 Å². The first kappa shape index (κ1) is 14.9. The molecule has 0 fully saturated rings. The lowest BCUT2D eigenvalue weighted by Gasteiger charge is -2.26. The fraction of sp³-hybridized carbons (Fsp3) is 0.615. The Balaban J connectivity index is 2.72. The summed E-state index contributed by atoms with van der Waals surface area (Å²) in [5.41, 5.74) is 7.74. The maximum absolute atomic E-state index is 5.73. The summed E-state index contributed by atoms with van der Waals surface area (Å²) in [6.07, 6.45) is 2.74. The van der Waals surface area contributed by atoms with Gasteiger partial charge >= 0.3 is 0 Å². The molecular formula is C13H23N3O2. The molecule has 0 atom stereocenters. The van der Waals surface area contributed by atoms with Gasteiger partial charge in [0.15, 0.2) is 0 Å². The van der Waals surface area contributed by atoms with Crippen molar-refractivity contribution in [1.82, 2.24) is 4.98 Å². The van der Waals surface area contributed by atoms with Gasteiger partial charge in [0.25, 0.3) is 0 Å². The van der Waals surface area contributed by atoms with E-state index in [0.717, 1.165) is 37.5 Å². The summed E-state index contributed by atoms with van der Waals surface area (Å²) >= 11 is 0. The molecule has 0 radical (unpaired) electrons. The molecule has 1 aromatic rings. The van der Waals surface area contributed by atoms with Gasteiger partial charge in [-0.05, 0) is 18.6 Å². The Morgan fingerprint density at radius 1 is 1.22 bits per heavy atom. The summed E-state index contributed by atoms with van der Waals surface area (Å²) in [4.78, 5) is 6.56. The third kappa shape index (κ3) is 4.60. The predicted molar refractivity (Wildman–Crippen MR) is 72.7 cm³/mol. The summed E-state index contributed by atoms with van der Waals surface area (Å²) in [6, 6.07) is 3.99. The number of rotatable bonds is 9. The Morgan fingerprint density at radius 3 is 2.67 bits per heavy atom. The predicted octanol–water partition coefficient (Wildman–Crippen LogP) is 1.03. The minimum absolute atomic E-state index is 0.448. The van der Waals surface area contributed by atoms with Gasteiger partial charge in [0, 0.05) is 46.7 Å². The molecule has 18 heavy (non-hydrogen) atoms. The Kier molecular flexibility index (Phi) is 7.32. The maximum Gasteiger partial charge on any atom is 0.0772 e. The lowest BCUT2D eigenvalue weighted by molar-refractivity contribution is 0.191. The van der Waals surface area contributed by atoms with Crippen molar-refractivity contribution in [2.45, 2.75) is 13.0 Å². The second kappa shape index (κ2) is 8.85. The number of aromatic nitrogens is 1. The Hall–Kier alpha value is -1.17. The Labute approximate surface area is 109 Å². The average Bonchev–Trinajstić information content (AvgIpc) is 2.42. The zero-order chi connectivity index (χ0) is 13.2. The third-order valence-corrected chi connectivity index (χ3v) is 2.74. The Morgan fingerprint density at radius 2 is 2.00 bits per heavy atom. The highest BCUT2D eigenvalue weighted by atomic mass is 16.5. The van der Waals surface area contributed by atoms with Crippen LogP contribution in [0.25, 0.3) is 0 Å². The van der Waals surface area contributed by atoms with Gasteiger partial charge in [0.2, 0.25) is 0 Å². The minimum Gasteiger partial charge on any atom is -0.385 e. The van der Waals surface area contributed by atoms with Gasteiger partial charge in [-0.3, -0.25) is 4.98 Å². The molecule has 1 aromatic heterocycles. The molecule has 1 heterocycles. The normalized spacial score (nSPS) is 10.6. The van der Waals surface area contributed by atoms with E-state index in [1.807, 2.05) is 6.07 Å². The van der Waals surface area contributed by atoms with E-state index in [4.69, 9.17) is 15.2 Å². The monoisotopic (exact) mass is 253 g/mol. The fourth-order valence-corrected chi connectivity index (χ4v) is 1.83. The van der Waals surface area contributed by atoms with Gasteiger partial charge in [0.05, 0.1) is 18.0 Å². The highest BCUT2D eigenvalue weighted by Crippen LogP contribution is 2.17. The quantitative estimate of drug-likeness (QED) is 0.666. The van der Waals surface area contributed by atoms with E-state index in [1.165, 1.54) is 0 Å². The number of nitrogens with two attached hydrogens (primary N) is 1. The molecule has 0 aromatic carbocycles. The van der Waals surface area contributed by atoms with Crippen molar-refractivity contribution in [2.75, 3.05) is 45.4 Å². The van der Waals surface area contributed by atoms with Crippen molar-refractivity contribution < 1.29 is 9.47 Å². The van der Waals surface area contributed by atoms with E-state index >= 15 is 0 Å². The molecule has 5 nitrogen and oxygen atoms in total. The summed E-state index contributed by atoms with van der Waals surface area (Å²) in [5, 5.41) is 0. The first-order chi connectivity index (χ1) is 8.83. The first-order valence-corrected chi connectivity index (χ1v) is 6.20. The van der Waals surface area contributed by atoms with Gasteiger partial charge in [-0.25, -0.2) is 0 Å². The van der Waals surface area contributed by atoms with Gasteiger partial charge in [0.1, 0.15) is 0 Å². The van der Waals surface area contributed by atoms with Crippen molar-refractivity contribution in [3.63, 3.8) is 0 Å². The van der Waals surface area contributed by atoms with Crippen LogP contribution in [0.2, 0.25) is 0 Å². The smallest absolute Gasteiger partial charge is 0.0772 e. The minimum atomic E-state index is 0.448. The van der Waals surface area contributed by atoms with Gasteiger partial charge in [-0.1, -0.05) is 0 Å². The summed E-state index contributed by atoms with van der Waals surface area (Å²) in [7, 11) is 3.43. The van der Waals surface area contributed by atoms with Crippen LogP contribution in [-0.2, 0) is 16.0 Å². The molecular weight excluding hydrogens is 230 g/mol. The first-order valence-electron chi connectivity index (χ1n) is 6.20. The SMILES string of the molecule is COCCCN(CCOC)c1cccnc1CN. The highest BCUT2D eigenvalue weighted by Gasteiger charge is 2.10. The third-order valence-electron chi connectivity index (χ3n) is 2.74. The van der Waals surface area contributed by atoms with E-state index in [1.54, 1.807) is 20.4 Å². The molecule has 0 aliphatic carbocycles. The number of nitrogens with zero attached hydrogens (tertiary/aromatic N) is 2. The van der Waals surface area contributed by atoms with Crippen LogP contribution in [0.3, 0.4) is 0 Å². The molecule has 2 N–H and O–H groups in total. The van der Waals surface area contributed by atoms with Crippen LogP contribution < -0.4 is 10.6 Å². The molecule has 0 amide bonds. The molecule has 1 rings (SSSR count). The largest absolute Gasteiger partial charge is 0.385 e. The second-order valence-corrected chi connectivity index (χ2v) is 4.00. The van der Waals surface area contributed by atoms with Crippen LogP contribution in [0, 0.1) is 0 Å². The van der Waals surface area contributed by atoms with Crippen molar-refractivity contribution >= 4 is 5.69 Å². The van der Waals surface area contributed by atoms with Crippen molar-refractivity contribution in [1.29, 1.82) is 0 Å². The molecule has 0 unspecified atom stereocenters. The summed E-state index contributed by atoms with van der Waals surface area (Å²) in [5.74, 6) is 0. The molecule has 0 saturated carbocycles. The fourth-order valence-electron chi connectivity index (χ4n) is 1.83. The zero-order valence-corrected chi connectivity index (χ0v) is 11.3. The number of hydrogen-bond donors (Lipinski definition) is 1.